The van der Waals surface area contributed by atoms with Crippen LogP contribution in [0.2, 0.25) is 0 Å². The number of carbonyl (C=O) groups excluding carboxylic acids is 1. The summed E-state index contributed by atoms with van der Waals surface area (Å²) in [4.78, 5) is 10.7. The third-order valence-corrected chi connectivity index (χ3v) is 1.64. The van der Waals surface area contributed by atoms with Gasteiger partial charge in [0.15, 0.2) is 0 Å². The lowest BCUT2D eigenvalue weighted by molar-refractivity contribution is -0.117. The van der Waals surface area contributed by atoms with Gasteiger partial charge in [0, 0.05) is 12.8 Å². The summed E-state index contributed by atoms with van der Waals surface area (Å²) in [6.07, 6.45) is 5.78. The van der Waals surface area contributed by atoms with Crippen molar-refractivity contribution in [2.45, 2.75) is 32.6 Å². The fourth-order valence-corrected chi connectivity index (χ4v) is 1.19. The summed E-state index contributed by atoms with van der Waals surface area (Å²) in [5.74, 6) is 0.412. The Labute approximate surface area is 55.8 Å². The Balaban J connectivity index is 2.47. The van der Waals surface area contributed by atoms with E-state index < -0.39 is 0 Å². The molecule has 1 fully saturated rings. The Hall–Kier alpha value is -0.590. The maximum atomic E-state index is 10.7. The first-order chi connectivity index (χ1) is 4.33. The topological polar surface area (TPSA) is 17.1 Å². The van der Waals surface area contributed by atoms with Crippen LogP contribution in [0.1, 0.15) is 32.6 Å². The summed E-state index contributed by atoms with van der Waals surface area (Å²) < 4.78 is 0. The molecule has 1 rings (SSSR count). The predicted octanol–water partition coefficient (Wildman–Crippen LogP) is 2.08. The number of Topliss-reactive ketones (excluding diaryl/α,β-unsaturated/α-hetero) is 1. The van der Waals surface area contributed by atoms with Crippen LogP contribution in [0.5, 0.6) is 0 Å². The highest BCUT2D eigenvalue weighted by atomic mass is 16.1. The largest absolute Gasteiger partial charge is 0.299 e. The van der Waals surface area contributed by atoms with Crippen LogP contribution in [0.3, 0.4) is 0 Å². The number of hydrogen-bond donors (Lipinski definition) is 0. The number of rotatable bonds is 1. The van der Waals surface area contributed by atoms with Crippen molar-refractivity contribution in [3.05, 3.63) is 11.6 Å². The van der Waals surface area contributed by atoms with Crippen LogP contribution in [0, 0.1) is 0 Å². The molecule has 0 radical (unpaired) electrons. The van der Waals surface area contributed by atoms with Crippen LogP contribution in [0.15, 0.2) is 11.6 Å². The van der Waals surface area contributed by atoms with Crippen molar-refractivity contribution in [1.82, 2.24) is 0 Å². The minimum absolute atomic E-state index is 0.412. The molecule has 0 bridgehead atoms. The van der Waals surface area contributed by atoms with E-state index in [1.54, 1.807) is 0 Å². The zero-order chi connectivity index (χ0) is 6.69. The van der Waals surface area contributed by atoms with Gasteiger partial charge in [0.05, 0.1) is 0 Å². The quantitative estimate of drug-likeness (QED) is 0.489. The molecule has 1 aliphatic rings. The molecule has 1 nitrogen and oxygen atoms in total. The van der Waals surface area contributed by atoms with E-state index in [1.165, 1.54) is 5.57 Å². The van der Waals surface area contributed by atoms with Crippen LogP contribution in [-0.4, -0.2) is 5.78 Å². The first-order valence-corrected chi connectivity index (χ1v) is 3.52. The summed E-state index contributed by atoms with van der Waals surface area (Å²) >= 11 is 0. The van der Waals surface area contributed by atoms with Gasteiger partial charge in [-0.2, -0.15) is 0 Å². The average molecular weight is 124 g/mol. The van der Waals surface area contributed by atoms with Crippen molar-refractivity contribution in [1.29, 1.82) is 0 Å². The molecule has 0 aromatic heterocycles. The van der Waals surface area contributed by atoms with E-state index in [2.05, 4.69) is 13.0 Å². The zero-order valence-corrected chi connectivity index (χ0v) is 5.81. The van der Waals surface area contributed by atoms with Crippen LogP contribution in [0.25, 0.3) is 0 Å². The third kappa shape index (κ3) is 1.67. The average Bonchev–Trinajstić information content (AvgIpc) is 2.17. The van der Waals surface area contributed by atoms with Crippen LogP contribution >= 0.6 is 0 Å². The van der Waals surface area contributed by atoms with Gasteiger partial charge in [-0.05, 0) is 12.8 Å². The monoisotopic (exact) mass is 124 g/mol. The molecule has 1 aliphatic carbocycles. The van der Waals surface area contributed by atoms with E-state index >= 15 is 0 Å². The van der Waals surface area contributed by atoms with Crippen LogP contribution in [0.4, 0.5) is 0 Å². The molecule has 0 aliphatic heterocycles. The normalized spacial score (nSPS) is 23.7. The number of hydrogen-bond acceptors (Lipinski definition) is 1. The molecule has 1 heteroatoms. The number of ketones is 1. The first kappa shape index (κ1) is 6.53. The van der Waals surface area contributed by atoms with Crippen molar-refractivity contribution in [2.24, 2.45) is 0 Å². The molecular weight excluding hydrogens is 112 g/mol. The summed E-state index contributed by atoms with van der Waals surface area (Å²) in [5, 5.41) is 0. The Morgan fingerprint density at radius 2 is 2.33 bits per heavy atom. The molecule has 0 unspecified atom stereocenters. The molecule has 0 spiro atoms. The van der Waals surface area contributed by atoms with Gasteiger partial charge in [-0.25, -0.2) is 0 Å². The van der Waals surface area contributed by atoms with Gasteiger partial charge in [-0.1, -0.05) is 18.6 Å². The smallest absolute Gasteiger partial charge is 0.137 e. The van der Waals surface area contributed by atoms with E-state index in [1.807, 2.05) is 0 Å². The maximum Gasteiger partial charge on any atom is 0.137 e. The summed E-state index contributed by atoms with van der Waals surface area (Å²) in [7, 11) is 0. The third-order valence-electron chi connectivity index (χ3n) is 1.64. The second-order valence-electron chi connectivity index (χ2n) is 2.49. The summed E-state index contributed by atoms with van der Waals surface area (Å²) in [6, 6.07) is 0. The SMILES string of the molecule is CC/C=C1/CCC(=O)C1. The fourth-order valence-electron chi connectivity index (χ4n) is 1.19. The number of allylic oxidation sites excluding steroid dienone is 2. The second-order valence-corrected chi connectivity index (χ2v) is 2.49. The molecular formula is C8H12O. The van der Waals surface area contributed by atoms with E-state index in [4.69, 9.17) is 0 Å². The van der Waals surface area contributed by atoms with Crippen LogP contribution in [-0.2, 0) is 4.79 Å². The van der Waals surface area contributed by atoms with Crippen LogP contribution < -0.4 is 0 Å². The number of carbonyl (C=O) groups is 1. The molecule has 50 valence electrons. The first-order valence-electron chi connectivity index (χ1n) is 3.52. The summed E-state index contributed by atoms with van der Waals surface area (Å²) in [5.41, 5.74) is 1.35. The summed E-state index contributed by atoms with van der Waals surface area (Å²) in [6.45, 7) is 2.11. The molecule has 0 saturated heterocycles. The fraction of sp³-hybridized carbons (Fsp3) is 0.625. The molecule has 0 aromatic carbocycles. The highest BCUT2D eigenvalue weighted by molar-refractivity contribution is 5.84. The van der Waals surface area contributed by atoms with E-state index in [-0.39, 0.29) is 0 Å². The molecule has 9 heavy (non-hydrogen) atoms. The Morgan fingerprint density at radius 1 is 1.56 bits per heavy atom. The highest BCUT2D eigenvalue weighted by Gasteiger charge is 2.13. The van der Waals surface area contributed by atoms with Gasteiger partial charge in [-0.3, -0.25) is 4.79 Å². The van der Waals surface area contributed by atoms with Crippen molar-refractivity contribution in [3.8, 4) is 0 Å². The Bertz CT molecular complexity index is 145. The maximum absolute atomic E-state index is 10.7. The molecule has 0 heterocycles. The van der Waals surface area contributed by atoms with E-state index in [0.29, 0.717) is 5.78 Å². The molecule has 1 saturated carbocycles. The second kappa shape index (κ2) is 2.81. The van der Waals surface area contributed by atoms with Gasteiger partial charge in [0.2, 0.25) is 0 Å². The van der Waals surface area contributed by atoms with Gasteiger partial charge in [0.25, 0.3) is 0 Å². The lowest BCUT2D eigenvalue weighted by Gasteiger charge is -1.88. The Kier molecular flexibility index (Phi) is 2.04. The lowest BCUT2D eigenvalue weighted by atomic mass is 10.2. The molecule has 0 aromatic rings. The highest BCUT2D eigenvalue weighted by Crippen LogP contribution is 2.20. The minimum Gasteiger partial charge on any atom is -0.299 e. The molecule has 0 N–H and O–H groups in total. The van der Waals surface area contributed by atoms with Gasteiger partial charge >= 0.3 is 0 Å². The lowest BCUT2D eigenvalue weighted by Crippen LogP contribution is -1.83. The van der Waals surface area contributed by atoms with Gasteiger partial charge in [-0.15, -0.1) is 0 Å². The molecule has 0 atom stereocenters. The zero-order valence-electron chi connectivity index (χ0n) is 5.81. The predicted molar refractivity (Wildman–Crippen MR) is 37.2 cm³/mol. The van der Waals surface area contributed by atoms with Crippen molar-refractivity contribution in [3.63, 3.8) is 0 Å². The van der Waals surface area contributed by atoms with Gasteiger partial charge in [0.1, 0.15) is 5.78 Å². The molecule has 0 amide bonds. The Morgan fingerprint density at radius 3 is 2.78 bits per heavy atom. The minimum atomic E-state index is 0.412. The van der Waals surface area contributed by atoms with Crippen molar-refractivity contribution >= 4 is 5.78 Å². The van der Waals surface area contributed by atoms with Crippen molar-refractivity contribution < 1.29 is 4.79 Å². The van der Waals surface area contributed by atoms with E-state index in [9.17, 15) is 4.79 Å². The van der Waals surface area contributed by atoms with Gasteiger partial charge < -0.3 is 0 Å². The van der Waals surface area contributed by atoms with E-state index in [0.717, 1.165) is 25.7 Å². The standard InChI is InChI=1S/C8H12O/c1-2-3-7-4-5-8(9)6-7/h3H,2,4-6H2,1H3/b7-3-. The van der Waals surface area contributed by atoms with Crippen molar-refractivity contribution in [2.75, 3.05) is 0 Å².